The third kappa shape index (κ3) is 7.20. The molecule has 1 aromatic rings. The number of hydrogen-bond donors (Lipinski definition) is 0. The summed E-state index contributed by atoms with van der Waals surface area (Å²) >= 11 is 0. The van der Waals surface area contributed by atoms with Gasteiger partial charge in [-0.05, 0) is 0 Å². The highest BCUT2D eigenvalue weighted by atomic mass is 16.5. The summed E-state index contributed by atoms with van der Waals surface area (Å²) in [7, 11) is 0. The van der Waals surface area contributed by atoms with Crippen molar-refractivity contribution in [2.45, 2.75) is 32.7 Å². The first-order valence-corrected chi connectivity index (χ1v) is 9.05. The summed E-state index contributed by atoms with van der Waals surface area (Å²) < 4.78 is 18.0. The molecule has 27 heavy (non-hydrogen) atoms. The highest BCUT2D eigenvalue weighted by Gasteiger charge is 2.22. The quantitative estimate of drug-likeness (QED) is 0.386. The summed E-state index contributed by atoms with van der Waals surface area (Å²) in [5, 5.41) is 8.25. The van der Waals surface area contributed by atoms with Crippen LogP contribution in [0.4, 0.5) is 0 Å². The van der Waals surface area contributed by atoms with Gasteiger partial charge in [-0.3, -0.25) is 14.5 Å². The second-order valence-electron chi connectivity index (χ2n) is 7.12. The summed E-state index contributed by atoms with van der Waals surface area (Å²) in [6.07, 6.45) is 4.46. The third-order valence-corrected chi connectivity index (χ3v) is 3.88. The lowest BCUT2D eigenvalue weighted by atomic mass is 9.93. The highest BCUT2D eigenvalue weighted by Crippen LogP contribution is 2.18. The van der Waals surface area contributed by atoms with Crippen LogP contribution in [-0.2, 0) is 35.8 Å². The second kappa shape index (κ2) is 10.3. The van der Waals surface area contributed by atoms with Crippen molar-refractivity contribution >= 4 is 11.8 Å². The zero-order valence-corrected chi connectivity index (χ0v) is 16.2. The van der Waals surface area contributed by atoms with Crippen LogP contribution in [0.1, 0.15) is 26.5 Å². The minimum Gasteiger partial charge on any atom is -0.377 e. The SMILES string of the molecule is CC(C)(C)c1cn(CCOCCOCCOCCN2C(=O)C=CC2=O)nn1. The predicted octanol–water partition coefficient (Wildman–Crippen LogP) is 0.550. The van der Waals surface area contributed by atoms with E-state index in [1.165, 1.54) is 12.2 Å². The van der Waals surface area contributed by atoms with E-state index in [0.717, 1.165) is 10.6 Å². The summed E-state index contributed by atoms with van der Waals surface area (Å²) in [5.41, 5.74) is 0.950. The van der Waals surface area contributed by atoms with Gasteiger partial charge >= 0.3 is 0 Å². The molecule has 9 heteroatoms. The van der Waals surface area contributed by atoms with Gasteiger partial charge in [0.15, 0.2) is 0 Å². The minimum absolute atomic E-state index is 0.00849. The Morgan fingerprint density at radius 2 is 1.37 bits per heavy atom. The molecule has 9 nitrogen and oxygen atoms in total. The lowest BCUT2D eigenvalue weighted by molar-refractivity contribution is -0.137. The van der Waals surface area contributed by atoms with E-state index in [-0.39, 0.29) is 23.8 Å². The Hall–Kier alpha value is -2.10. The van der Waals surface area contributed by atoms with Crippen molar-refractivity contribution < 1.29 is 23.8 Å². The summed E-state index contributed by atoms with van der Waals surface area (Å²) in [6.45, 7) is 9.84. The zero-order chi connectivity index (χ0) is 19.7. The standard InChI is InChI=1S/C18H28N4O5/c1-18(2,3)15-14-21(20-19-15)6-8-25-10-12-27-13-11-26-9-7-22-16(23)4-5-17(22)24/h4-5,14H,6-13H2,1-3H3. The van der Waals surface area contributed by atoms with E-state index in [2.05, 4.69) is 31.1 Å². The number of ether oxygens (including phenoxy) is 3. The van der Waals surface area contributed by atoms with Crippen LogP contribution in [-0.4, -0.2) is 77.9 Å². The number of carbonyl (C=O) groups excluding carboxylic acids is 2. The van der Waals surface area contributed by atoms with E-state index in [1.807, 2.05) is 6.20 Å². The first-order chi connectivity index (χ1) is 12.9. The number of imide groups is 1. The maximum atomic E-state index is 11.3. The van der Waals surface area contributed by atoms with Crippen molar-refractivity contribution in [2.75, 3.05) is 46.2 Å². The summed E-state index contributed by atoms with van der Waals surface area (Å²) in [4.78, 5) is 23.8. The van der Waals surface area contributed by atoms with Crippen LogP contribution in [0, 0.1) is 0 Å². The fraction of sp³-hybridized carbons (Fsp3) is 0.667. The van der Waals surface area contributed by atoms with Gasteiger partial charge < -0.3 is 14.2 Å². The molecule has 1 aliphatic rings. The Labute approximate surface area is 159 Å². The lowest BCUT2D eigenvalue weighted by Gasteiger charge is -2.13. The number of carbonyl (C=O) groups is 2. The Morgan fingerprint density at radius 1 is 0.852 bits per heavy atom. The minimum atomic E-state index is -0.294. The highest BCUT2D eigenvalue weighted by molar-refractivity contribution is 6.12. The Morgan fingerprint density at radius 3 is 1.89 bits per heavy atom. The van der Waals surface area contributed by atoms with E-state index >= 15 is 0 Å². The topological polar surface area (TPSA) is 95.8 Å². The predicted molar refractivity (Wildman–Crippen MR) is 97.0 cm³/mol. The van der Waals surface area contributed by atoms with Gasteiger partial charge in [0.25, 0.3) is 11.8 Å². The number of aromatic nitrogens is 3. The van der Waals surface area contributed by atoms with Crippen LogP contribution in [0.15, 0.2) is 18.3 Å². The van der Waals surface area contributed by atoms with Crippen LogP contribution in [0.3, 0.4) is 0 Å². The molecule has 2 amide bonds. The molecule has 2 heterocycles. The maximum Gasteiger partial charge on any atom is 0.253 e. The molecule has 2 rings (SSSR count). The summed E-state index contributed by atoms with van der Waals surface area (Å²) in [5.74, 6) is -0.588. The normalized spacial score (nSPS) is 14.6. The molecule has 1 aliphatic heterocycles. The lowest BCUT2D eigenvalue weighted by Crippen LogP contribution is -2.33. The van der Waals surface area contributed by atoms with Crippen molar-refractivity contribution in [3.8, 4) is 0 Å². The molecular formula is C18H28N4O5. The number of hydrogen-bond acceptors (Lipinski definition) is 7. The molecule has 0 aromatic carbocycles. The van der Waals surface area contributed by atoms with E-state index < -0.39 is 0 Å². The Bertz CT molecular complexity index is 632. The van der Waals surface area contributed by atoms with Crippen LogP contribution >= 0.6 is 0 Å². The Balaban J connectivity index is 1.40. The average molecular weight is 380 g/mol. The molecule has 0 bridgehead atoms. The van der Waals surface area contributed by atoms with Crippen molar-refractivity contribution in [3.05, 3.63) is 24.0 Å². The van der Waals surface area contributed by atoms with E-state index in [9.17, 15) is 9.59 Å². The molecule has 1 aromatic heterocycles. The fourth-order valence-corrected chi connectivity index (χ4v) is 2.26. The molecule has 0 aliphatic carbocycles. The van der Waals surface area contributed by atoms with Gasteiger partial charge in [0.2, 0.25) is 0 Å². The monoisotopic (exact) mass is 380 g/mol. The van der Waals surface area contributed by atoms with Crippen LogP contribution in [0.2, 0.25) is 0 Å². The molecule has 0 saturated heterocycles. The van der Waals surface area contributed by atoms with Crippen molar-refractivity contribution in [3.63, 3.8) is 0 Å². The molecule has 0 saturated carbocycles. The van der Waals surface area contributed by atoms with Gasteiger partial charge in [0.05, 0.1) is 58.4 Å². The van der Waals surface area contributed by atoms with Crippen molar-refractivity contribution in [1.82, 2.24) is 19.9 Å². The summed E-state index contributed by atoms with van der Waals surface area (Å²) in [6, 6.07) is 0. The fourth-order valence-electron chi connectivity index (χ4n) is 2.26. The van der Waals surface area contributed by atoms with E-state index in [0.29, 0.717) is 46.2 Å². The van der Waals surface area contributed by atoms with Gasteiger partial charge in [-0.1, -0.05) is 26.0 Å². The maximum absolute atomic E-state index is 11.3. The molecular weight excluding hydrogens is 352 g/mol. The van der Waals surface area contributed by atoms with Gasteiger partial charge in [-0.25, -0.2) is 4.68 Å². The molecule has 0 N–H and O–H groups in total. The molecule has 0 radical (unpaired) electrons. The third-order valence-electron chi connectivity index (χ3n) is 3.88. The van der Waals surface area contributed by atoms with Gasteiger partial charge in [-0.2, -0.15) is 0 Å². The number of amides is 2. The van der Waals surface area contributed by atoms with Gasteiger partial charge in [0.1, 0.15) is 0 Å². The number of rotatable bonds is 12. The molecule has 150 valence electrons. The number of nitrogens with zero attached hydrogens (tertiary/aromatic N) is 4. The second-order valence-corrected chi connectivity index (χ2v) is 7.12. The van der Waals surface area contributed by atoms with Crippen LogP contribution < -0.4 is 0 Å². The van der Waals surface area contributed by atoms with Crippen molar-refractivity contribution in [2.24, 2.45) is 0 Å². The van der Waals surface area contributed by atoms with E-state index in [4.69, 9.17) is 14.2 Å². The average Bonchev–Trinajstić information content (AvgIpc) is 3.21. The van der Waals surface area contributed by atoms with Crippen molar-refractivity contribution in [1.29, 1.82) is 0 Å². The first-order valence-electron chi connectivity index (χ1n) is 9.05. The zero-order valence-electron chi connectivity index (χ0n) is 16.2. The smallest absolute Gasteiger partial charge is 0.253 e. The molecule has 0 unspecified atom stereocenters. The largest absolute Gasteiger partial charge is 0.377 e. The van der Waals surface area contributed by atoms with Crippen LogP contribution in [0.25, 0.3) is 0 Å². The van der Waals surface area contributed by atoms with Gasteiger partial charge in [-0.15, -0.1) is 5.10 Å². The van der Waals surface area contributed by atoms with Crippen LogP contribution in [0.5, 0.6) is 0 Å². The molecule has 0 atom stereocenters. The molecule has 0 spiro atoms. The van der Waals surface area contributed by atoms with Gasteiger partial charge in [0, 0.05) is 23.8 Å². The van der Waals surface area contributed by atoms with E-state index in [1.54, 1.807) is 4.68 Å². The first kappa shape index (κ1) is 21.2. The Kier molecular flexibility index (Phi) is 8.08. The molecule has 0 fully saturated rings.